The zero-order valence-corrected chi connectivity index (χ0v) is 20.0. The molecule has 1 heterocycles. The van der Waals surface area contributed by atoms with Gasteiger partial charge in [-0.25, -0.2) is 4.98 Å². The lowest BCUT2D eigenvalue weighted by molar-refractivity contribution is -0.117. The Kier molecular flexibility index (Phi) is 13.2. The molecular weight excluding hydrogens is 402 g/mol. The van der Waals surface area contributed by atoms with Gasteiger partial charge in [0.05, 0.1) is 6.04 Å². The lowest BCUT2D eigenvalue weighted by atomic mass is 10.0. The normalized spacial score (nSPS) is 11.8. The number of rotatable bonds is 12. The molecule has 1 atom stereocenters. The second-order valence-corrected chi connectivity index (χ2v) is 6.90. The fourth-order valence-electron chi connectivity index (χ4n) is 3.12. The monoisotopic (exact) mass is 439 g/mol. The predicted molar refractivity (Wildman–Crippen MR) is 129 cm³/mol. The second-order valence-electron chi connectivity index (χ2n) is 6.90. The smallest absolute Gasteiger partial charge is 0.262 e. The second kappa shape index (κ2) is 15.7. The van der Waals surface area contributed by atoms with E-state index < -0.39 is 5.91 Å². The van der Waals surface area contributed by atoms with E-state index >= 15 is 0 Å². The van der Waals surface area contributed by atoms with Crippen LogP contribution in [0, 0.1) is 11.3 Å². The van der Waals surface area contributed by atoms with E-state index in [-0.39, 0.29) is 11.6 Å². The van der Waals surface area contributed by atoms with Gasteiger partial charge in [0.15, 0.2) is 0 Å². The summed E-state index contributed by atoms with van der Waals surface area (Å²) in [6.45, 7) is 13.9. The van der Waals surface area contributed by atoms with Crippen molar-refractivity contribution in [3.63, 3.8) is 0 Å². The molecule has 0 radical (unpaired) electrons. The van der Waals surface area contributed by atoms with Gasteiger partial charge < -0.3 is 19.9 Å². The number of aromatic nitrogens is 2. The minimum absolute atomic E-state index is 0.0161. The number of likely N-dealkylation sites (N-methyl/N-ethyl adjacent to an activating group) is 1. The number of hydrogen-bond donors (Lipinski definition) is 2. The quantitative estimate of drug-likeness (QED) is 0.369. The molecule has 0 fully saturated rings. The lowest BCUT2D eigenvalue weighted by Gasteiger charge is -2.20. The number of ether oxygens (including phenoxy) is 1. The maximum Gasteiger partial charge on any atom is 0.262 e. The molecule has 0 aliphatic carbocycles. The molecule has 1 unspecified atom stereocenters. The summed E-state index contributed by atoms with van der Waals surface area (Å²) >= 11 is 0. The summed E-state index contributed by atoms with van der Waals surface area (Å²) in [6.07, 6.45) is 6.34. The number of nitriles is 1. The van der Waals surface area contributed by atoms with Gasteiger partial charge in [-0.15, -0.1) is 0 Å². The van der Waals surface area contributed by atoms with Crippen molar-refractivity contribution in [3.8, 4) is 11.8 Å². The number of carbonyl (C=O) groups is 1. The van der Waals surface area contributed by atoms with Gasteiger partial charge in [-0.1, -0.05) is 53.2 Å². The maximum absolute atomic E-state index is 12.6. The van der Waals surface area contributed by atoms with E-state index in [2.05, 4.69) is 41.0 Å². The summed E-state index contributed by atoms with van der Waals surface area (Å²) in [5.41, 5.74) is 0.999. The molecule has 174 valence electrons. The summed E-state index contributed by atoms with van der Waals surface area (Å²) in [6, 6.07) is 9.56. The first-order chi connectivity index (χ1) is 15.6. The highest BCUT2D eigenvalue weighted by atomic mass is 16.5. The number of hydrogen-bond acceptors (Lipinski definition) is 5. The average molecular weight is 440 g/mol. The van der Waals surface area contributed by atoms with Crippen molar-refractivity contribution in [1.82, 2.24) is 20.2 Å². The molecule has 7 heteroatoms. The first-order valence-electron chi connectivity index (χ1n) is 11.5. The predicted octanol–water partition coefficient (Wildman–Crippen LogP) is 4.72. The van der Waals surface area contributed by atoms with E-state index in [1.807, 2.05) is 44.2 Å². The van der Waals surface area contributed by atoms with E-state index in [1.165, 1.54) is 6.08 Å². The molecule has 7 nitrogen and oxygen atoms in total. The fraction of sp³-hybridized carbons (Fsp3) is 0.480. The van der Waals surface area contributed by atoms with Crippen LogP contribution < -0.4 is 10.1 Å². The van der Waals surface area contributed by atoms with Gasteiger partial charge >= 0.3 is 0 Å². The van der Waals surface area contributed by atoms with Gasteiger partial charge in [-0.3, -0.25) is 4.79 Å². The largest absolute Gasteiger partial charge is 0.492 e. The SMILES string of the molecule is CC.CCCC(NC(=O)/C(C#N)=C/c1ncc[nH]1)c1ccc(OCCN(CC)CC)cc1. The number of imidazole rings is 1. The first-order valence-corrected chi connectivity index (χ1v) is 11.5. The number of amides is 1. The Balaban J connectivity index is 0.00000249. The van der Waals surface area contributed by atoms with Crippen molar-refractivity contribution < 1.29 is 9.53 Å². The zero-order valence-electron chi connectivity index (χ0n) is 20.0. The van der Waals surface area contributed by atoms with Crippen LogP contribution in [-0.2, 0) is 4.79 Å². The van der Waals surface area contributed by atoms with Gasteiger partial charge in [0, 0.05) is 25.0 Å². The van der Waals surface area contributed by atoms with Gasteiger partial charge in [0.25, 0.3) is 5.91 Å². The number of aromatic amines is 1. The summed E-state index contributed by atoms with van der Waals surface area (Å²) in [5.74, 6) is 0.870. The Hall–Kier alpha value is -3.11. The van der Waals surface area contributed by atoms with Crippen LogP contribution in [0.25, 0.3) is 6.08 Å². The summed E-state index contributed by atoms with van der Waals surface area (Å²) in [5, 5.41) is 12.3. The van der Waals surface area contributed by atoms with Crippen molar-refractivity contribution in [1.29, 1.82) is 5.26 Å². The highest BCUT2D eigenvalue weighted by molar-refractivity contribution is 6.01. The van der Waals surface area contributed by atoms with Crippen LogP contribution in [0.2, 0.25) is 0 Å². The molecule has 2 N–H and O–H groups in total. The standard InChI is InChI=1S/C23H31N5O2.C2H6/c1-4-7-21(27-23(29)19(17-24)16-22-25-12-13-26-22)18-8-10-20(11-9-18)30-15-14-28(5-2)6-3;1-2/h8-13,16,21H,4-7,14-15H2,1-3H3,(H,25,26)(H,27,29);1-2H3/b19-16+;. The molecule has 0 saturated carbocycles. The maximum atomic E-state index is 12.6. The molecule has 1 amide bonds. The van der Waals surface area contributed by atoms with E-state index in [4.69, 9.17) is 4.74 Å². The minimum atomic E-state index is -0.410. The Bertz CT molecular complexity index is 834. The highest BCUT2D eigenvalue weighted by Crippen LogP contribution is 2.22. The minimum Gasteiger partial charge on any atom is -0.492 e. The molecule has 2 rings (SSSR count). The van der Waals surface area contributed by atoms with Crippen LogP contribution in [0.15, 0.2) is 42.2 Å². The molecular formula is C25H37N5O2. The zero-order chi connectivity index (χ0) is 23.8. The van der Waals surface area contributed by atoms with Crippen molar-refractivity contribution in [2.75, 3.05) is 26.2 Å². The topological polar surface area (TPSA) is 94.0 Å². The van der Waals surface area contributed by atoms with Crippen molar-refractivity contribution in [2.45, 2.75) is 53.5 Å². The van der Waals surface area contributed by atoms with Crippen molar-refractivity contribution >= 4 is 12.0 Å². The van der Waals surface area contributed by atoms with Crippen LogP contribution >= 0.6 is 0 Å². The Morgan fingerprint density at radius 1 is 1.25 bits per heavy atom. The number of benzene rings is 1. The molecule has 0 aliphatic heterocycles. The van der Waals surface area contributed by atoms with Crippen LogP contribution in [0.3, 0.4) is 0 Å². The van der Waals surface area contributed by atoms with E-state index in [0.29, 0.717) is 12.4 Å². The van der Waals surface area contributed by atoms with Crippen LogP contribution in [0.1, 0.15) is 64.9 Å². The third-order valence-corrected chi connectivity index (χ3v) is 4.90. The average Bonchev–Trinajstić information content (AvgIpc) is 3.35. The third-order valence-electron chi connectivity index (χ3n) is 4.90. The van der Waals surface area contributed by atoms with Crippen LogP contribution in [-0.4, -0.2) is 47.0 Å². The fourth-order valence-corrected chi connectivity index (χ4v) is 3.12. The number of nitrogens with one attached hydrogen (secondary N) is 2. The molecule has 0 aliphatic rings. The number of nitrogens with zero attached hydrogens (tertiary/aromatic N) is 3. The highest BCUT2D eigenvalue weighted by Gasteiger charge is 2.17. The summed E-state index contributed by atoms with van der Waals surface area (Å²) in [7, 11) is 0. The molecule has 0 saturated heterocycles. The molecule has 0 bridgehead atoms. The van der Waals surface area contributed by atoms with E-state index in [0.717, 1.165) is 43.8 Å². The molecule has 1 aromatic carbocycles. The Morgan fingerprint density at radius 3 is 2.47 bits per heavy atom. The Morgan fingerprint density at radius 2 is 1.94 bits per heavy atom. The summed E-state index contributed by atoms with van der Waals surface area (Å²) < 4.78 is 5.84. The van der Waals surface area contributed by atoms with Crippen LogP contribution in [0.5, 0.6) is 5.75 Å². The lowest BCUT2D eigenvalue weighted by Crippen LogP contribution is -2.29. The molecule has 0 spiro atoms. The third kappa shape index (κ3) is 8.94. The van der Waals surface area contributed by atoms with Crippen molar-refractivity contribution in [3.05, 3.63) is 53.6 Å². The van der Waals surface area contributed by atoms with Gasteiger partial charge in [0.2, 0.25) is 0 Å². The van der Waals surface area contributed by atoms with Gasteiger partial charge in [-0.05, 0) is 37.2 Å². The van der Waals surface area contributed by atoms with Gasteiger partial charge in [-0.2, -0.15) is 5.26 Å². The number of H-pyrrole nitrogens is 1. The molecule has 1 aromatic heterocycles. The molecule has 2 aromatic rings. The van der Waals surface area contributed by atoms with E-state index in [9.17, 15) is 10.1 Å². The molecule has 32 heavy (non-hydrogen) atoms. The first kappa shape index (κ1) is 26.9. The summed E-state index contributed by atoms with van der Waals surface area (Å²) in [4.78, 5) is 21.8. The van der Waals surface area contributed by atoms with Crippen molar-refractivity contribution in [2.24, 2.45) is 0 Å². The van der Waals surface area contributed by atoms with Crippen LogP contribution in [0.4, 0.5) is 0 Å². The number of carbonyl (C=O) groups excluding carboxylic acids is 1. The van der Waals surface area contributed by atoms with E-state index in [1.54, 1.807) is 12.4 Å². The Labute approximate surface area is 192 Å². The van der Waals surface area contributed by atoms with Gasteiger partial charge in [0.1, 0.15) is 29.8 Å².